The minimum Gasteiger partial charge on any atom is -0.378 e. The summed E-state index contributed by atoms with van der Waals surface area (Å²) >= 11 is 0. The van der Waals surface area contributed by atoms with E-state index in [2.05, 4.69) is 96.7 Å². The van der Waals surface area contributed by atoms with Crippen LogP contribution in [0.2, 0.25) is 0 Å². The number of rotatable bonds is 11. The van der Waals surface area contributed by atoms with Crippen LogP contribution in [-0.4, -0.2) is 26.5 Å². The zero-order chi connectivity index (χ0) is 20.2. The monoisotopic (exact) mass is 380 g/mol. The number of carbonyl (C=O) groups excluding carboxylic acids is 1. The molecule has 0 spiro atoms. The minimum atomic E-state index is 0.182. The van der Waals surface area contributed by atoms with E-state index in [0.29, 0.717) is 6.42 Å². The van der Waals surface area contributed by atoms with Gasteiger partial charge in [-0.2, -0.15) is 0 Å². The first-order chi connectivity index (χ1) is 13.6. The Morgan fingerprint density at radius 2 is 1.61 bits per heavy atom. The van der Waals surface area contributed by atoms with Crippen LogP contribution < -0.4 is 14.8 Å². The van der Waals surface area contributed by atoms with E-state index in [4.69, 9.17) is 0 Å². The number of unbranched alkanes of at least 4 members (excludes halogenated alkanes) is 2. The van der Waals surface area contributed by atoms with Crippen molar-refractivity contribution in [2.45, 2.75) is 45.6 Å². The molecule has 0 aliphatic rings. The van der Waals surface area contributed by atoms with Gasteiger partial charge in [-0.1, -0.05) is 31.2 Å². The average Bonchev–Trinajstić information content (AvgIpc) is 2.71. The number of nitrogens with one attached hydrogen (secondary N) is 1. The van der Waals surface area contributed by atoms with E-state index in [9.17, 15) is 4.79 Å². The van der Waals surface area contributed by atoms with Crippen LogP contribution in [0.25, 0.3) is 12.2 Å². The van der Waals surface area contributed by atoms with E-state index in [0.717, 1.165) is 38.8 Å². The van der Waals surface area contributed by atoms with Crippen molar-refractivity contribution in [1.29, 1.82) is 0 Å². The second-order valence-electron chi connectivity index (χ2n) is 7.35. The van der Waals surface area contributed by atoms with Crippen molar-refractivity contribution in [2.24, 2.45) is 0 Å². The number of hydrogen-bond acceptors (Lipinski definition) is 2. The predicted octanol–water partition coefficient (Wildman–Crippen LogP) is 4.30. The third-order valence-electron chi connectivity index (χ3n) is 4.69. The molecule has 1 N–H and O–H groups in total. The lowest BCUT2D eigenvalue weighted by atomic mass is 10.1. The number of hydrogen-bond donors (Lipinski definition) is 1. The lowest BCUT2D eigenvalue weighted by molar-refractivity contribution is -0.697. The van der Waals surface area contributed by atoms with Gasteiger partial charge in [0.1, 0.15) is 6.54 Å². The van der Waals surface area contributed by atoms with Gasteiger partial charge in [-0.15, -0.1) is 0 Å². The molecule has 1 amide bonds. The highest BCUT2D eigenvalue weighted by Gasteiger charge is 2.03. The number of carbonyl (C=O) groups is 1. The topological polar surface area (TPSA) is 36.2 Å². The van der Waals surface area contributed by atoms with Crippen LogP contribution in [0, 0.1) is 0 Å². The summed E-state index contributed by atoms with van der Waals surface area (Å²) in [6.07, 6.45) is 13.3. The van der Waals surface area contributed by atoms with Crippen LogP contribution in [0.15, 0.2) is 48.8 Å². The second-order valence-corrected chi connectivity index (χ2v) is 7.35. The molecule has 0 saturated carbocycles. The van der Waals surface area contributed by atoms with Crippen molar-refractivity contribution < 1.29 is 9.36 Å². The minimum absolute atomic E-state index is 0.182. The van der Waals surface area contributed by atoms with Crippen molar-refractivity contribution >= 4 is 23.7 Å². The number of pyridine rings is 1. The van der Waals surface area contributed by atoms with Gasteiger partial charge in [0.05, 0.1) is 0 Å². The zero-order valence-electron chi connectivity index (χ0n) is 17.5. The Hall–Kier alpha value is -2.62. The smallest absolute Gasteiger partial charge is 0.219 e. The fourth-order valence-corrected chi connectivity index (χ4v) is 2.91. The Morgan fingerprint density at radius 1 is 0.964 bits per heavy atom. The molecule has 1 aromatic carbocycles. The molecule has 2 rings (SSSR count). The maximum absolute atomic E-state index is 11.6. The number of nitrogens with zero attached hydrogens (tertiary/aromatic N) is 2. The van der Waals surface area contributed by atoms with E-state index in [-0.39, 0.29) is 5.91 Å². The molecule has 0 aliphatic heterocycles. The lowest BCUT2D eigenvalue weighted by Crippen LogP contribution is -2.32. The Bertz CT molecular complexity index is 733. The third kappa shape index (κ3) is 7.95. The zero-order valence-corrected chi connectivity index (χ0v) is 17.5. The molecule has 2 aromatic rings. The maximum atomic E-state index is 11.6. The van der Waals surface area contributed by atoms with Gasteiger partial charge >= 0.3 is 0 Å². The Balaban J connectivity index is 1.71. The molecule has 4 nitrogen and oxygen atoms in total. The van der Waals surface area contributed by atoms with Crippen LogP contribution in [0.5, 0.6) is 0 Å². The van der Waals surface area contributed by atoms with Gasteiger partial charge in [-0.25, -0.2) is 4.57 Å². The lowest BCUT2D eigenvalue weighted by Gasteiger charge is -2.11. The summed E-state index contributed by atoms with van der Waals surface area (Å²) in [5.41, 5.74) is 3.60. The van der Waals surface area contributed by atoms with Gasteiger partial charge in [0.2, 0.25) is 5.91 Å². The van der Waals surface area contributed by atoms with Crippen LogP contribution in [0.3, 0.4) is 0 Å². The highest BCUT2D eigenvalue weighted by molar-refractivity contribution is 5.75. The fraction of sp³-hybridized carbons (Fsp3) is 0.417. The SMILES string of the molecule is CCCNC(=O)CCCCC[n+]1ccc(C=Cc2ccc(N(C)C)cc2)cc1. The van der Waals surface area contributed by atoms with Gasteiger partial charge in [0.25, 0.3) is 0 Å². The first-order valence-corrected chi connectivity index (χ1v) is 10.3. The molecule has 1 aromatic heterocycles. The van der Waals surface area contributed by atoms with Crippen molar-refractivity contribution in [1.82, 2.24) is 5.32 Å². The van der Waals surface area contributed by atoms with E-state index in [1.54, 1.807) is 0 Å². The van der Waals surface area contributed by atoms with E-state index in [1.165, 1.54) is 16.8 Å². The predicted molar refractivity (Wildman–Crippen MR) is 118 cm³/mol. The second kappa shape index (κ2) is 12.0. The van der Waals surface area contributed by atoms with Crippen LogP contribution in [0.1, 0.15) is 50.2 Å². The molecular formula is C24H34N3O+. The molecule has 0 unspecified atom stereocenters. The maximum Gasteiger partial charge on any atom is 0.219 e. The third-order valence-corrected chi connectivity index (χ3v) is 4.69. The standard InChI is InChI=1S/C24H33N3O/c1-4-17-25-24(28)8-6-5-7-18-27-19-15-22(16-20-27)10-9-21-11-13-23(14-12-21)26(2)3/h9-16,19-20H,4-8,17-18H2,1-3H3/p+1. The summed E-state index contributed by atoms with van der Waals surface area (Å²) in [5.74, 6) is 0.182. The summed E-state index contributed by atoms with van der Waals surface area (Å²) in [6, 6.07) is 12.8. The molecule has 150 valence electrons. The first-order valence-electron chi connectivity index (χ1n) is 10.3. The molecular weight excluding hydrogens is 346 g/mol. The highest BCUT2D eigenvalue weighted by atomic mass is 16.1. The van der Waals surface area contributed by atoms with E-state index in [1.807, 2.05) is 0 Å². The van der Waals surface area contributed by atoms with Crippen molar-refractivity contribution in [3.8, 4) is 0 Å². The quantitative estimate of drug-likeness (QED) is 0.466. The molecule has 0 fully saturated rings. The molecule has 0 atom stereocenters. The summed E-state index contributed by atoms with van der Waals surface area (Å²) < 4.78 is 2.21. The number of aromatic nitrogens is 1. The number of anilines is 1. The van der Waals surface area contributed by atoms with E-state index < -0.39 is 0 Å². The summed E-state index contributed by atoms with van der Waals surface area (Å²) in [5, 5.41) is 2.93. The van der Waals surface area contributed by atoms with Gasteiger partial charge < -0.3 is 10.2 Å². The van der Waals surface area contributed by atoms with Gasteiger partial charge in [-0.3, -0.25) is 4.79 Å². The average molecular weight is 381 g/mol. The number of aryl methyl sites for hydroxylation is 1. The molecule has 0 aliphatic carbocycles. The summed E-state index contributed by atoms with van der Waals surface area (Å²) in [6.45, 7) is 3.85. The Labute approximate surface area is 169 Å². The molecule has 1 heterocycles. The van der Waals surface area contributed by atoms with Crippen molar-refractivity contribution in [3.63, 3.8) is 0 Å². The Morgan fingerprint density at radius 3 is 2.21 bits per heavy atom. The van der Waals surface area contributed by atoms with E-state index >= 15 is 0 Å². The number of amides is 1. The van der Waals surface area contributed by atoms with Gasteiger partial charge in [-0.05, 0) is 42.5 Å². The molecule has 0 radical (unpaired) electrons. The van der Waals surface area contributed by atoms with Crippen molar-refractivity contribution in [2.75, 3.05) is 25.5 Å². The van der Waals surface area contributed by atoms with Crippen molar-refractivity contribution in [3.05, 3.63) is 59.9 Å². The molecule has 28 heavy (non-hydrogen) atoms. The molecule has 4 heteroatoms. The number of benzene rings is 1. The summed E-state index contributed by atoms with van der Waals surface area (Å²) in [7, 11) is 4.10. The van der Waals surface area contributed by atoms with Crippen LogP contribution >= 0.6 is 0 Å². The molecule has 0 bridgehead atoms. The fourth-order valence-electron chi connectivity index (χ4n) is 2.91. The van der Waals surface area contributed by atoms with Crippen LogP contribution in [-0.2, 0) is 11.3 Å². The largest absolute Gasteiger partial charge is 0.378 e. The van der Waals surface area contributed by atoms with Gasteiger partial charge in [0, 0.05) is 51.3 Å². The Kier molecular flexibility index (Phi) is 9.26. The first kappa shape index (κ1) is 21.7. The molecule has 0 saturated heterocycles. The van der Waals surface area contributed by atoms with Gasteiger partial charge in [0.15, 0.2) is 12.4 Å². The summed E-state index contributed by atoms with van der Waals surface area (Å²) in [4.78, 5) is 13.7. The normalized spacial score (nSPS) is 11.0. The highest BCUT2D eigenvalue weighted by Crippen LogP contribution is 2.14. The van der Waals surface area contributed by atoms with Crippen LogP contribution in [0.4, 0.5) is 5.69 Å².